The van der Waals surface area contributed by atoms with Crippen LogP contribution in [0.1, 0.15) is 21.4 Å². The van der Waals surface area contributed by atoms with Crippen molar-refractivity contribution in [3.63, 3.8) is 0 Å². The molecule has 0 saturated carbocycles. The van der Waals surface area contributed by atoms with Crippen molar-refractivity contribution in [3.8, 4) is 11.5 Å². The van der Waals surface area contributed by atoms with Gasteiger partial charge in [0.05, 0.1) is 20.3 Å². The van der Waals surface area contributed by atoms with Crippen LogP contribution in [-0.2, 0) is 0 Å². The van der Waals surface area contributed by atoms with Gasteiger partial charge >= 0.3 is 0 Å². The maximum Gasteiger partial charge on any atom is 0.142 e. The van der Waals surface area contributed by atoms with Crippen LogP contribution in [0.2, 0.25) is 0 Å². The number of nitrogens with two attached hydrogens (primary N) is 1. The molecule has 0 radical (unpaired) electrons. The molecule has 20 heavy (non-hydrogen) atoms. The van der Waals surface area contributed by atoms with Crippen LogP contribution in [0.15, 0.2) is 28.7 Å². The molecule has 2 rings (SSSR count). The average molecular weight is 357 g/mol. The molecule has 0 saturated heterocycles. The number of hydrogen-bond donors (Lipinski definition) is 2. The highest BCUT2D eigenvalue weighted by Gasteiger charge is 2.22. The van der Waals surface area contributed by atoms with E-state index in [4.69, 9.17) is 15.3 Å². The van der Waals surface area contributed by atoms with E-state index in [0.29, 0.717) is 0 Å². The maximum absolute atomic E-state index is 5.74. The van der Waals surface area contributed by atoms with Crippen molar-refractivity contribution in [1.29, 1.82) is 0 Å². The van der Waals surface area contributed by atoms with E-state index < -0.39 is 0 Å². The molecule has 1 atom stereocenters. The van der Waals surface area contributed by atoms with Crippen molar-refractivity contribution in [2.75, 3.05) is 14.2 Å². The first-order chi connectivity index (χ1) is 9.62. The van der Waals surface area contributed by atoms with E-state index in [1.54, 1.807) is 25.6 Å². The minimum atomic E-state index is -0.120. The number of rotatable bonds is 5. The molecular formula is C14H17BrN2O2S. The Hall–Kier alpha value is -1.08. The Morgan fingerprint density at radius 1 is 1.20 bits per heavy atom. The quantitative estimate of drug-likeness (QED) is 0.636. The fourth-order valence-electron chi connectivity index (χ4n) is 2.08. The number of benzene rings is 1. The van der Waals surface area contributed by atoms with Crippen LogP contribution < -0.4 is 20.7 Å². The second kappa shape index (κ2) is 6.58. The predicted molar refractivity (Wildman–Crippen MR) is 85.5 cm³/mol. The zero-order chi connectivity index (χ0) is 14.7. The fraction of sp³-hybridized carbons (Fsp3) is 0.286. The third kappa shape index (κ3) is 2.83. The molecule has 1 heterocycles. The van der Waals surface area contributed by atoms with Gasteiger partial charge in [-0.2, -0.15) is 0 Å². The molecular weight excluding hydrogens is 340 g/mol. The number of aryl methyl sites for hydroxylation is 1. The lowest BCUT2D eigenvalue weighted by Gasteiger charge is -2.20. The number of nitrogens with one attached hydrogen (secondary N) is 1. The third-order valence-electron chi connectivity index (χ3n) is 3.04. The molecule has 108 valence electrons. The van der Waals surface area contributed by atoms with Crippen molar-refractivity contribution in [2.24, 2.45) is 5.84 Å². The zero-order valence-corrected chi connectivity index (χ0v) is 14.0. The molecule has 1 unspecified atom stereocenters. The molecule has 1 aromatic carbocycles. The molecule has 0 bridgehead atoms. The van der Waals surface area contributed by atoms with Gasteiger partial charge in [-0.3, -0.25) is 5.84 Å². The van der Waals surface area contributed by atoms with Gasteiger partial charge in [0, 0.05) is 15.3 Å². The van der Waals surface area contributed by atoms with Crippen LogP contribution in [0, 0.1) is 6.92 Å². The van der Waals surface area contributed by atoms with Gasteiger partial charge in [0.25, 0.3) is 0 Å². The fourth-order valence-corrected chi connectivity index (χ4v) is 3.72. The van der Waals surface area contributed by atoms with Gasteiger partial charge in [0.1, 0.15) is 16.0 Å². The Bertz CT molecular complexity index is 601. The van der Waals surface area contributed by atoms with Crippen molar-refractivity contribution in [1.82, 2.24) is 5.43 Å². The Morgan fingerprint density at radius 3 is 2.45 bits per heavy atom. The average Bonchev–Trinajstić information content (AvgIpc) is 2.86. The molecule has 3 N–H and O–H groups in total. The third-order valence-corrected chi connectivity index (χ3v) is 4.86. The van der Waals surface area contributed by atoms with Crippen LogP contribution in [0.5, 0.6) is 11.5 Å². The van der Waals surface area contributed by atoms with Gasteiger partial charge in [-0.25, -0.2) is 5.43 Å². The van der Waals surface area contributed by atoms with Crippen LogP contribution in [0.4, 0.5) is 0 Å². The second-order valence-electron chi connectivity index (χ2n) is 4.25. The van der Waals surface area contributed by atoms with Crippen molar-refractivity contribution in [3.05, 3.63) is 44.1 Å². The summed E-state index contributed by atoms with van der Waals surface area (Å²) in [7, 11) is 3.26. The van der Waals surface area contributed by atoms with E-state index >= 15 is 0 Å². The smallest absolute Gasteiger partial charge is 0.142 e. The minimum absolute atomic E-state index is 0.120. The van der Waals surface area contributed by atoms with E-state index in [-0.39, 0.29) is 6.04 Å². The first-order valence-electron chi connectivity index (χ1n) is 6.05. The summed E-state index contributed by atoms with van der Waals surface area (Å²) in [5.74, 6) is 7.19. The summed E-state index contributed by atoms with van der Waals surface area (Å²) in [5.41, 5.74) is 3.82. The maximum atomic E-state index is 5.74. The zero-order valence-electron chi connectivity index (χ0n) is 11.6. The topological polar surface area (TPSA) is 56.5 Å². The molecule has 4 nitrogen and oxygen atoms in total. The summed E-state index contributed by atoms with van der Waals surface area (Å²) in [6, 6.07) is 7.89. The van der Waals surface area contributed by atoms with Gasteiger partial charge in [-0.1, -0.05) is 0 Å². The molecule has 2 aromatic rings. The SMILES string of the molecule is COc1ccc(C(NN)c2ccc(C)s2)c(OC)c1Br. The lowest BCUT2D eigenvalue weighted by atomic mass is 10.0. The monoisotopic (exact) mass is 356 g/mol. The van der Waals surface area contributed by atoms with E-state index in [0.717, 1.165) is 26.4 Å². The molecule has 0 fully saturated rings. The van der Waals surface area contributed by atoms with Crippen molar-refractivity contribution >= 4 is 27.3 Å². The van der Waals surface area contributed by atoms with E-state index in [2.05, 4.69) is 40.4 Å². The number of hydrogen-bond acceptors (Lipinski definition) is 5. The van der Waals surface area contributed by atoms with Crippen molar-refractivity contribution < 1.29 is 9.47 Å². The van der Waals surface area contributed by atoms with Gasteiger partial charge in [-0.15, -0.1) is 11.3 Å². The van der Waals surface area contributed by atoms with E-state index in [9.17, 15) is 0 Å². The van der Waals surface area contributed by atoms with Crippen molar-refractivity contribution in [2.45, 2.75) is 13.0 Å². The molecule has 0 spiro atoms. The standard InChI is InChI=1S/C14H17BrN2O2S/c1-8-4-7-11(20-8)13(17-16)9-5-6-10(18-2)12(15)14(9)19-3/h4-7,13,17H,16H2,1-3H3. The molecule has 1 aromatic heterocycles. The Kier molecular flexibility index (Phi) is 5.04. The largest absolute Gasteiger partial charge is 0.495 e. The summed E-state index contributed by atoms with van der Waals surface area (Å²) in [5, 5.41) is 0. The summed E-state index contributed by atoms with van der Waals surface area (Å²) < 4.78 is 11.6. The Labute approximate surface area is 131 Å². The van der Waals surface area contributed by atoms with Gasteiger partial charge < -0.3 is 9.47 Å². The lowest BCUT2D eigenvalue weighted by molar-refractivity contribution is 0.383. The summed E-state index contributed by atoms with van der Waals surface area (Å²) in [6.45, 7) is 2.07. The number of methoxy groups -OCH3 is 2. The number of thiophene rings is 1. The second-order valence-corrected chi connectivity index (χ2v) is 6.36. The van der Waals surface area contributed by atoms with Crippen LogP contribution >= 0.6 is 27.3 Å². The lowest BCUT2D eigenvalue weighted by Crippen LogP contribution is -2.28. The first kappa shape index (κ1) is 15.3. The molecule has 0 aliphatic heterocycles. The molecule has 0 aliphatic carbocycles. The van der Waals surface area contributed by atoms with Crippen LogP contribution in [0.25, 0.3) is 0 Å². The van der Waals surface area contributed by atoms with Crippen LogP contribution in [0.3, 0.4) is 0 Å². The minimum Gasteiger partial charge on any atom is -0.495 e. The number of hydrazine groups is 1. The highest BCUT2D eigenvalue weighted by Crippen LogP contribution is 2.42. The van der Waals surface area contributed by atoms with Crippen LogP contribution in [-0.4, -0.2) is 14.2 Å². The first-order valence-corrected chi connectivity index (χ1v) is 7.66. The van der Waals surface area contributed by atoms with Gasteiger partial charge in [-0.05, 0) is 47.1 Å². The van der Waals surface area contributed by atoms with Gasteiger partial charge in [0.15, 0.2) is 0 Å². The Morgan fingerprint density at radius 2 is 1.95 bits per heavy atom. The molecule has 0 aliphatic rings. The number of halogens is 1. The molecule has 6 heteroatoms. The summed E-state index contributed by atoms with van der Waals surface area (Å²) >= 11 is 5.22. The molecule has 0 amide bonds. The highest BCUT2D eigenvalue weighted by molar-refractivity contribution is 9.10. The summed E-state index contributed by atoms with van der Waals surface area (Å²) in [6.07, 6.45) is 0. The van der Waals surface area contributed by atoms with Gasteiger partial charge in [0.2, 0.25) is 0 Å². The van der Waals surface area contributed by atoms with E-state index in [1.165, 1.54) is 4.88 Å². The summed E-state index contributed by atoms with van der Waals surface area (Å²) in [4.78, 5) is 2.38. The normalized spacial score (nSPS) is 12.2. The number of ether oxygens (including phenoxy) is 2. The highest BCUT2D eigenvalue weighted by atomic mass is 79.9. The predicted octanol–water partition coefficient (Wildman–Crippen LogP) is 3.39. The Balaban J connectivity index is 2.52. The van der Waals surface area contributed by atoms with E-state index in [1.807, 2.05) is 12.1 Å².